The van der Waals surface area contributed by atoms with Crippen LogP contribution >= 0.6 is 11.8 Å². The molecule has 1 atom stereocenters. The molecule has 0 aliphatic heterocycles. The fourth-order valence-electron chi connectivity index (χ4n) is 4.39. The molecule has 2 aliphatic carbocycles. The van der Waals surface area contributed by atoms with Crippen molar-refractivity contribution in [1.82, 2.24) is 0 Å². The van der Waals surface area contributed by atoms with Crippen molar-refractivity contribution >= 4 is 11.8 Å². The van der Waals surface area contributed by atoms with Gasteiger partial charge in [-0.15, -0.1) is 18.2 Å². The maximum Gasteiger partial charge on any atom is 3.00 e. The summed E-state index contributed by atoms with van der Waals surface area (Å²) in [7, 11) is 0. The molecular weight excluding hydrogens is 463 g/mol. The summed E-state index contributed by atoms with van der Waals surface area (Å²) in [5.41, 5.74) is 4.90. The predicted molar refractivity (Wildman–Crippen MR) is 124 cm³/mol. The summed E-state index contributed by atoms with van der Waals surface area (Å²) >= 11 is 2.20. The second kappa shape index (κ2) is 12.2. The van der Waals surface area contributed by atoms with Crippen LogP contribution in [-0.4, -0.2) is 10.5 Å². The topological polar surface area (TPSA) is 0 Å². The molecule has 0 fully saturated rings. The molecule has 0 N–H and O–H groups in total. The van der Waals surface area contributed by atoms with Gasteiger partial charge in [-0.25, -0.2) is 11.6 Å². The second-order valence-corrected chi connectivity index (χ2v) is 12.2. The Morgan fingerprint density at radius 2 is 1.60 bits per heavy atom. The Balaban J connectivity index is 0. The number of hydrogen-bond donors (Lipinski definition) is 0. The molecule has 0 aromatic rings. The molecule has 2 aliphatic rings. The largest absolute Gasteiger partial charge is 3.00 e. The Kier molecular flexibility index (Phi) is 13.3. The van der Waals surface area contributed by atoms with E-state index in [0.717, 1.165) is 12.8 Å². The summed E-state index contributed by atoms with van der Waals surface area (Å²) in [4.78, 5) is 0. The second-order valence-electron chi connectivity index (χ2n) is 10.8. The van der Waals surface area contributed by atoms with Crippen molar-refractivity contribution in [3.8, 4) is 0 Å². The van der Waals surface area contributed by atoms with Crippen LogP contribution in [0.5, 0.6) is 0 Å². The molecule has 1 unspecified atom stereocenters. The van der Waals surface area contributed by atoms with Crippen molar-refractivity contribution in [2.24, 2.45) is 16.2 Å². The molecule has 30 heavy (non-hydrogen) atoms. The smallest absolute Gasteiger partial charge is 1.00 e. The normalized spacial score (nSPS) is 21.6. The van der Waals surface area contributed by atoms with Crippen LogP contribution in [0.2, 0.25) is 0 Å². The van der Waals surface area contributed by atoms with E-state index in [9.17, 15) is 0 Å². The summed E-state index contributed by atoms with van der Waals surface area (Å²) in [5, 5.41) is 0. The van der Waals surface area contributed by atoms with Gasteiger partial charge in [0.25, 0.3) is 0 Å². The van der Waals surface area contributed by atoms with Gasteiger partial charge in [0.2, 0.25) is 0 Å². The first-order chi connectivity index (χ1) is 12.4. The van der Waals surface area contributed by atoms with Crippen LogP contribution in [-0.2, 0) is 21.7 Å². The van der Waals surface area contributed by atoms with Crippen LogP contribution in [0.15, 0.2) is 41.0 Å². The molecule has 4 heteroatoms. The van der Waals surface area contributed by atoms with Gasteiger partial charge in [0.1, 0.15) is 0 Å². The molecule has 2 rings (SSSR count). The predicted octanol–water partition coefficient (Wildman–Crippen LogP) is 2.33. The van der Waals surface area contributed by atoms with E-state index in [0.29, 0.717) is 0 Å². The van der Waals surface area contributed by atoms with E-state index in [1.165, 1.54) is 29.7 Å². The van der Waals surface area contributed by atoms with Crippen LogP contribution < -0.4 is 24.8 Å². The number of unbranched alkanes of at least 4 members (excludes halogenated alkanes) is 1. The molecule has 0 saturated heterocycles. The number of thioether (sulfide) groups is 1. The van der Waals surface area contributed by atoms with Crippen molar-refractivity contribution in [3.63, 3.8) is 0 Å². The van der Waals surface area contributed by atoms with E-state index in [2.05, 4.69) is 104 Å². The van der Waals surface area contributed by atoms with Gasteiger partial charge in [0, 0.05) is 4.75 Å². The Bertz CT molecular complexity index is 672. The van der Waals surface area contributed by atoms with Gasteiger partial charge in [-0.3, -0.25) is 6.08 Å². The quantitative estimate of drug-likeness (QED) is 0.304. The fraction of sp³-hybridized carbons (Fsp3) is 0.692. The minimum Gasteiger partial charge on any atom is -1.00 e. The minimum absolute atomic E-state index is 0. The van der Waals surface area contributed by atoms with Crippen molar-refractivity contribution in [1.29, 1.82) is 0 Å². The average molecular weight is 504 g/mol. The number of halogens is 2. The van der Waals surface area contributed by atoms with Crippen LogP contribution in [0.25, 0.3) is 0 Å². The summed E-state index contributed by atoms with van der Waals surface area (Å²) in [5.74, 6) is 1.23. The first-order valence-corrected chi connectivity index (χ1v) is 11.7. The van der Waals surface area contributed by atoms with Gasteiger partial charge >= 0.3 is 21.7 Å². The molecular formula is C26H41Cl2STi. The third kappa shape index (κ3) is 6.80. The molecule has 0 saturated carbocycles. The fourth-order valence-corrected chi connectivity index (χ4v) is 6.36. The van der Waals surface area contributed by atoms with Crippen LogP contribution in [0.1, 0.15) is 88.0 Å². The van der Waals surface area contributed by atoms with Gasteiger partial charge in [-0.05, 0) is 46.0 Å². The molecule has 0 heterocycles. The van der Waals surface area contributed by atoms with Gasteiger partial charge < -0.3 is 24.8 Å². The van der Waals surface area contributed by atoms with Gasteiger partial charge in [0.15, 0.2) is 0 Å². The summed E-state index contributed by atoms with van der Waals surface area (Å²) in [6.07, 6.45) is 18.0. The van der Waals surface area contributed by atoms with Crippen molar-refractivity contribution in [3.05, 3.63) is 47.1 Å². The standard InChI is InChI=1S/C26H41S.2ClH.Ti/c1-10-11-18-27-26(25(8,9)20-14-12-13-15-20)17-16-21(23(2,3)4)19-22(26)24(5,6)7;;;/h12,14,16,19H,10-11,13,17-18H2,1-9H3;2*1H;/q-1;;;+3/p-2. The van der Waals surface area contributed by atoms with Crippen molar-refractivity contribution in [2.45, 2.75) is 92.7 Å². The zero-order chi connectivity index (χ0) is 20.5. The number of allylic oxidation sites excluding steroid dienone is 7. The maximum absolute atomic E-state index is 3.67. The van der Waals surface area contributed by atoms with E-state index in [4.69, 9.17) is 0 Å². The van der Waals surface area contributed by atoms with Gasteiger partial charge in [0.05, 0.1) is 0 Å². The molecule has 1 radical (unpaired) electrons. The van der Waals surface area contributed by atoms with E-state index in [1.807, 2.05) is 0 Å². The maximum atomic E-state index is 3.67. The van der Waals surface area contributed by atoms with Crippen molar-refractivity contribution in [2.75, 3.05) is 5.75 Å². The number of hydrogen-bond acceptors (Lipinski definition) is 1. The monoisotopic (exact) mass is 503 g/mol. The van der Waals surface area contributed by atoms with E-state index >= 15 is 0 Å². The first-order valence-electron chi connectivity index (χ1n) is 10.7. The first kappa shape index (κ1) is 32.8. The Morgan fingerprint density at radius 1 is 1.00 bits per heavy atom. The van der Waals surface area contributed by atoms with Crippen LogP contribution in [0, 0.1) is 22.3 Å². The Morgan fingerprint density at radius 3 is 2.03 bits per heavy atom. The molecule has 0 spiro atoms. The molecule has 0 nitrogen and oxygen atoms in total. The average Bonchev–Trinajstić information content (AvgIpc) is 3.08. The Hall–Kier alpha value is 0.604. The van der Waals surface area contributed by atoms with E-state index in [-0.39, 0.29) is 67.5 Å². The van der Waals surface area contributed by atoms with Crippen molar-refractivity contribution < 1.29 is 46.5 Å². The summed E-state index contributed by atoms with van der Waals surface area (Å²) < 4.78 is 0.0895. The summed E-state index contributed by atoms with van der Waals surface area (Å²) in [6.45, 7) is 21.4. The SMILES string of the molecule is CCCCSC1(C(C)(C)C2=[C-]CC=C2)CC=C(C(C)(C)C)C=C1C(C)(C)C.[Cl-].[Cl-].[Ti+3]. The zero-order valence-corrected chi connectivity index (χ0v) is 24.4. The molecule has 0 amide bonds. The molecule has 0 aromatic heterocycles. The molecule has 169 valence electrons. The molecule has 0 aromatic carbocycles. The minimum atomic E-state index is 0. The van der Waals surface area contributed by atoms with Crippen LogP contribution in [0.3, 0.4) is 0 Å². The van der Waals surface area contributed by atoms with Crippen LogP contribution in [0.4, 0.5) is 0 Å². The summed E-state index contributed by atoms with van der Waals surface area (Å²) in [6, 6.07) is 0. The third-order valence-corrected chi connectivity index (χ3v) is 8.13. The molecule has 0 bridgehead atoms. The van der Waals surface area contributed by atoms with E-state index < -0.39 is 0 Å². The third-order valence-electron chi connectivity index (χ3n) is 6.24. The Labute approximate surface area is 219 Å². The van der Waals surface area contributed by atoms with Gasteiger partial charge in [-0.2, -0.15) is 6.08 Å². The zero-order valence-electron chi connectivity index (χ0n) is 20.5. The van der Waals surface area contributed by atoms with E-state index in [1.54, 1.807) is 5.57 Å². The van der Waals surface area contributed by atoms with Gasteiger partial charge in [-0.1, -0.05) is 80.9 Å². The number of rotatable bonds is 6.